The van der Waals surface area contributed by atoms with Crippen molar-refractivity contribution in [3.05, 3.63) is 0 Å². The largest absolute Gasteiger partial charge is 0.396 e. The van der Waals surface area contributed by atoms with Gasteiger partial charge in [-0.25, -0.2) is 0 Å². The molecule has 112 valence electrons. The molecule has 0 saturated carbocycles. The maximum atomic E-state index is 11.7. The van der Waals surface area contributed by atoms with Crippen molar-refractivity contribution in [2.45, 2.75) is 45.6 Å². The van der Waals surface area contributed by atoms with Crippen molar-refractivity contribution < 1.29 is 14.6 Å². The van der Waals surface area contributed by atoms with Gasteiger partial charge in [0, 0.05) is 13.2 Å². The summed E-state index contributed by atoms with van der Waals surface area (Å²) in [6, 6.07) is 0. The summed E-state index contributed by atoms with van der Waals surface area (Å²) in [5.41, 5.74) is 0.0210. The summed E-state index contributed by atoms with van der Waals surface area (Å²) in [5, 5.41) is 15.0. The highest BCUT2D eigenvalue weighted by molar-refractivity contribution is 5.77. The van der Waals surface area contributed by atoms with Crippen molar-refractivity contribution in [3.8, 4) is 0 Å². The molecule has 19 heavy (non-hydrogen) atoms. The lowest BCUT2D eigenvalue weighted by Crippen LogP contribution is -2.38. The van der Waals surface area contributed by atoms with Crippen molar-refractivity contribution in [1.29, 1.82) is 0 Å². The molecule has 1 saturated heterocycles. The van der Waals surface area contributed by atoms with Crippen LogP contribution in [0.4, 0.5) is 0 Å². The predicted molar refractivity (Wildman–Crippen MR) is 75.0 cm³/mol. The molecule has 0 aliphatic carbocycles. The van der Waals surface area contributed by atoms with E-state index in [9.17, 15) is 4.79 Å². The molecule has 5 nitrogen and oxygen atoms in total. The molecule has 1 heterocycles. The van der Waals surface area contributed by atoms with Crippen LogP contribution < -0.4 is 10.6 Å². The quantitative estimate of drug-likeness (QED) is 0.607. The fourth-order valence-electron chi connectivity index (χ4n) is 2.19. The minimum Gasteiger partial charge on any atom is -0.396 e. The summed E-state index contributed by atoms with van der Waals surface area (Å²) in [5.74, 6) is -0.0457. The normalized spacial score (nSPS) is 17.4. The molecule has 1 aliphatic heterocycles. The first-order valence-corrected chi connectivity index (χ1v) is 7.23. The third-order valence-electron chi connectivity index (χ3n) is 3.51. The number of hydrogen-bond acceptors (Lipinski definition) is 4. The molecular weight excluding hydrogens is 244 g/mol. The Hall–Kier alpha value is -0.650. The number of carbonyl (C=O) groups is 1. The molecule has 1 aliphatic rings. The number of hydrogen-bond donors (Lipinski definition) is 3. The summed E-state index contributed by atoms with van der Waals surface area (Å²) < 4.78 is 5.60. The maximum absolute atomic E-state index is 11.7. The highest BCUT2D eigenvalue weighted by atomic mass is 16.5. The van der Waals surface area contributed by atoms with Crippen molar-refractivity contribution >= 4 is 5.91 Å². The van der Waals surface area contributed by atoms with Gasteiger partial charge in [-0.2, -0.15) is 0 Å². The van der Waals surface area contributed by atoms with Crippen molar-refractivity contribution in [2.75, 3.05) is 32.8 Å². The first-order chi connectivity index (χ1) is 9.03. The molecule has 0 bridgehead atoms. The molecule has 1 amide bonds. The zero-order valence-electron chi connectivity index (χ0n) is 12.2. The molecule has 1 rings (SSSR count). The lowest BCUT2D eigenvalue weighted by molar-refractivity contribution is -0.128. The highest BCUT2D eigenvalue weighted by Gasteiger charge is 2.19. The zero-order valence-corrected chi connectivity index (χ0v) is 12.2. The number of ether oxygens (including phenoxy) is 1. The van der Waals surface area contributed by atoms with Gasteiger partial charge in [0.15, 0.2) is 0 Å². The van der Waals surface area contributed by atoms with E-state index in [1.54, 1.807) is 0 Å². The highest BCUT2D eigenvalue weighted by Crippen LogP contribution is 2.20. The second kappa shape index (κ2) is 8.51. The average molecular weight is 272 g/mol. The molecule has 0 unspecified atom stereocenters. The van der Waals surface area contributed by atoms with E-state index in [4.69, 9.17) is 9.84 Å². The zero-order chi connectivity index (χ0) is 14.1. The number of carbonyl (C=O) groups excluding carboxylic acids is 1. The van der Waals surface area contributed by atoms with Crippen LogP contribution in [-0.2, 0) is 9.53 Å². The summed E-state index contributed by atoms with van der Waals surface area (Å²) in [6.45, 7) is 7.12. The van der Waals surface area contributed by atoms with Gasteiger partial charge in [-0.15, -0.1) is 0 Å². The Labute approximate surface area is 116 Å². The average Bonchev–Trinajstić information content (AvgIpc) is 2.42. The summed E-state index contributed by atoms with van der Waals surface area (Å²) in [7, 11) is 0. The smallest absolute Gasteiger partial charge is 0.246 e. The monoisotopic (exact) mass is 272 g/mol. The Balaban J connectivity index is 2.12. The topological polar surface area (TPSA) is 70.6 Å². The number of amides is 1. The van der Waals surface area contributed by atoms with Crippen LogP contribution in [0.15, 0.2) is 0 Å². The van der Waals surface area contributed by atoms with E-state index in [0.29, 0.717) is 6.54 Å². The molecule has 0 aromatic rings. The first kappa shape index (κ1) is 16.4. The fourth-order valence-corrected chi connectivity index (χ4v) is 2.19. The Bertz CT molecular complexity index is 263. The molecule has 0 radical (unpaired) electrons. The number of piperidine rings is 1. The van der Waals surface area contributed by atoms with Crippen molar-refractivity contribution in [3.63, 3.8) is 0 Å². The maximum Gasteiger partial charge on any atom is 0.246 e. The van der Waals surface area contributed by atoms with Crippen LogP contribution in [0.1, 0.15) is 39.5 Å². The lowest BCUT2D eigenvalue weighted by Gasteiger charge is -2.25. The van der Waals surface area contributed by atoms with Gasteiger partial charge >= 0.3 is 0 Å². The van der Waals surface area contributed by atoms with Crippen LogP contribution >= 0.6 is 0 Å². The van der Waals surface area contributed by atoms with Crippen LogP contribution in [0.25, 0.3) is 0 Å². The van der Waals surface area contributed by atoms with E-state index < -0.39 is 0 Å². The van der Waals surface area contributed by atoms with Gasteiger partial charge in [0.25, 0.3) is 0 Å². The molecule has 0 aromatic carbocycles. The minimum atomic E-state index is -0.0457. The van der Waals surface area contributed by atoms with Crippen LogP contribution in [0.2, 0.25) is 0 Å². The summed E-state index contributed by atoms with van der Waals surface area (Å²) in [4.78, 5) is 11.7. The lowest BCUT2D eigenvalue weighted by atomic mass is 9.88. The van der Waals surface area contributed by atoms with Crippen LogP contribution in [0, 0.1) is 5.41 Å². The third kappa shape index (κ3) is 7.50. The number of aliphatic hydroxyl groups is 1. The second-order valence-electron chi connectivity index (χ2n) is 6.03. The Kier molecular flexibility index (Phi) is 7.34. The van der Waals surface area contributed by atoms with E-state index in [1.165, 1.54) is 0 Å². The Morgan fingerprint density at radius 3 is 2.74 bits per heavy atom. The fraction of sp³-hybridized carbons (Fsp3) is 0.929. The van der Waals surface area contributed by atoms with E-state index in [0.717, 1.165) is 38.8 Å². The molecular formula is C14H28N2O3. The molecule has 0 spiro atoms. The van der Waals surface area contributed by atoms with Crippen LogP contribution in [-0.4, -0.2) is 50.0 Å². The van der Waals surface area contributed by atoms with Gasteiger partial charge in [-0.05, 0) is 44.2 Å². The summed E-state index contributed by atoms with van der Waals surface area (Å²) in [6.07, 6.45) is 3.85. The van der Waals surface area contributed by atoms with Gasteiger partial charge in [0.05, 0.1) is 6.10 Å². The van der Waals surface area contributed by atoms with Gasteiger partial charge in [-0.1, -0.05) is 13.8 Å². The van der Waals surface area contributed by atoms with E-state index in [1.807, 2.05) is 0 Å². The van der Waals surface area contributed by atoms with Crippen molar-refractivity contribution in [1.82, 2.24) is 10.6 Å². The Morgan fingerprint density at radius 1 is 1.42 bits per heavy atom. The standard InChI is InChI=1S/C14H28N2O3/c1-14(2,6-3-9-17)11-16-13(18)10-19-12-4-7-15-8-5-12/h12,15,17H,3-11H2,1-2H3,(H,16,18). The van der Waals surface area contributed by atoms with E-state index in [-0.39, 0.29) is 30.6 Å². The molecule has 3 N–H and O–H groups in total. The minimum absolute atomic E-state index is 0.0210. The second-order valence-corrected chi connectivity index (χ2v) is 6.03. The number of nitrogens with one attached hydrogen (secondary N) is 2. The van der Waals surface area contributed by atoms with Crippen LogP contribution in [0.3, 0.4) is 0 Å². The van der Waals surface area contributed by atoms with Gasteiger partial charge in [-0.3, -0.25) is 4.79 Å². The van der Waals surface area contributed by atoms with E-state index >= 15 is 0 Å². The molecule has 1 fully saturated rings. The third-order valence-corrected chi connectivity index (χ3v) is 3.51. The van der Waals surface area contributed by atoms with Gasteiger partial charge < -0.3 is 20.5 Å². The molecule has 5 heteroatoms. The number of rotatable bonds is 8. The predicted octanol–water partition coefficient (Wildman–Crippen LogP) is 0.670. The van der Waals surface area contributed by atoms with Gasteiger partial charge in [0.2, 0.25) is 5.91 Å². The molecule has 0 atom stereocenters. The molecule has 0 aromatic heterocycles. The number of aliphatic hydroxyl groups excluding tert-OH is 1. The van der Waals surface area contributed by atoms with Crippen molar-refractivity contribution in [2.24, 2.45) is 5.41 Å². The first-order valence-electron chi connectivity index (χ1n) is 7.23. The van der Waals surface area contributed by atoms with Crippen LogP contribution in [0.5, 0.6) is 0 Å². The van der Waals surface area contributed by atoms with E-state index in [2.05, 4.69) is 24.5 Å². The summed E-state index contributed by atoms with van der Waals surface area (Å²) >= 11 is 0. The Morgan fingerprint density at radius 2 is 2.11 bits per heavy atom. The van der Waals surface area contributed by atoms with Gasteiger partial charge in [0.1, 0.15) is 6.61 Å². The SMILES string of the molecule is CC(C)(CCCO)CNC(=O)COC1CCNCC1.